The second kappa shape index (κ2) is 8.56. The maximum Gasteiger partial charge on any atom is 0.140 e. The van der Waals surface area contributed by atoms with Crippen LogP contribution in [0.4, 0.5) is 0 Å². The fraction of sp³-hybridized carbons (Fsp3) is 0.158. The van der Waals surface area contributed by atoms with Gasteiger partial charge in [0.05, 0.1) is 18.4 Å². The van der Waals surface area contributed by atoms with Crippen LogP contribution < -0.4 is 0 Å². The molecule has 1 unspecified atom stereocenters. The van der Waals surface area contributed by atoms with Crippen molar-refractivity contribution >= 4 is 5.71 Å². The Morgan fingerprint density at radius 2 is 1.55 bits per heavy atom. The minimum Gasteiger partial charge on any atom is -0.392 e. The Kier molecular flexibility index (Phi) is 6.10. The van der Waals surface area contributed by atoms with E-state index in [9.17, 15) is 5.26 Å². The van der Waals surface area contributed by atoms with Crippen LogP contribution >= 0.6 is 0 Å². The summed E-state index contributed by atoms with van der Waals surface area (Å²) in [6.07, 6.45) is 3.90. The number of rotatable bonds is 6. The number of nitriles is 1. The number of aliphatic hydroxyl groups excluding tert-OH is 1. The van der Waals surface area contributed by atoms with E-state index in [1.165, 1.54) is 0 Å². The summed E-state index contributed by atoms with van der Waals surface area (Å²) in [4.78, 5) is 4.63. The molecular formula is C19H18N2O. The molecular weight excluding hydrogens is 272 g/mol. The van der Waals surface area contributed by atoms with Crippen molar-refractivity contribution < 1.29 is 5.11 Å². The largest absolute Gasteiger partial charge is 0.392 e. The monoisotopic (exact) mass is 290 g/mol. The van der Waals surface area contributed by atoms with E-state index >= 15 is 0 Å². The van der Waals surface area contributed by atoms with Crippen molar-refractivity contribution in [3.8, 4) is 6.07 Å². The molecule has 0 aliphatic carbocycles. The molecule has 0 amide bonds. The van der Waals surface area contributed by atoms with Gasteiger partial charge in [-0.05, 0) is 0 Å². The van der Waals surface area contributed by atoms with Gasteiger partial charge in [-0.2, -0.15) is 5.26 Å². The first-order valence-electron chi connectivity index (χ1n) is 7.19. The van der Waals surface area contributed by atoms with E-state index in [1.807, 2.05) is 60.7 Å². The van der Waals surface area contributed by atoms with Gasteiger partial charge in [-0.3, -0.25) is 4.99 Å². The molecule has 22 heavy (non-hydrogen) atoms. The Morgan fingerprint density at radius 1 is 1.00 bits per heavy atom. The average Bonchev–Trinajstić information content (AvgIpc) is 2.59. The van der Waals surface area contributed by atoms with E-state index in [2.05, 4.69) is 11.1 Å². The van der Waals surface area contributed by atoms with Gasteiger partial charge in [0, 0.05) is 17.5 Å². The zero-order chi connectivity index (χ0) is 15.6. The summed E-state index contributed by atoms with van der Waals surface area (Å²) in [6, 6.07) is 21.4. The molecule has 0 fully saturated rings. The van der Waals surface area contributed by atoms with Crippen molar-refractivity contribution in [3.63, 3.8) is 0 Å². The third-order valence-corrected chi connectivity index (χ3v) is 3.16. The highest BCUT2D eigenvalue weighted by Crippen LogP contribution is 2.13. The van der Waals surface area contributed by atoms with Crippen molar-refractivity contribution in [1.82, 2.24) is 0 Å². The molecule has 0 radical (unpaired) electrons. The fourth-order valence-electron chi connectivity index (χ4n) is 2.10. The predicted octanol–water partition coefficient (Wildman–Crippen LogP) is 3.35. The van der Waals surface area contributed by atoms with Gasteiger partial charge in [-0.15, -0.1) is 0 Å². The molecule has 2 aromatic rings. The summed E-state index contributed by atoms with van der Waals surface area (Å²) in [6.45, 7) is -0.0217. The highest BCUT2D eigenvalue weighted by Gasteiger charge is 2.10. The van der Waals surface area contributed by atoms with Crippen LogP contribution in [-0.4, -0.2) is 23.5 Å². The van der Waals surface area contributed by atoms with Crippen LogP contribution in [0.25, 0.3) is 0 Å². The van der Waals surface area contributed by atoms with Gasteiger partial charge >= 0.3 is 0 Å². The van der Waals surface area contributed by atoms with Crippen molar-refractivity contribution in [3.05, 3.63) is 83.9 Å². The van der Waals surface area contributed by atoms with Crippen LogP contribution in [0.15, 0.2) is 77.8 Å². The summed E-state index contributed by atoms with van der Waals surface area (Å²) < 4.78 is 0. The summed E-state index contributed by atoms with van der Waals surface area (Å²) in [5.74, 6) is 0. The number of nitrogens with zero attached hydrogens (tertiary/aromatic N) is 2. The Hall–Kier alpha value is -2.70. The molecule has 3 heteroatoms. The third-order valence-electron chi connectivity index (χ3n) is 3.16. The summed E-state index contributed by atoms with van der Waals surface area (Å²) >= 11 is 0. The third kappa shape index (κ3) is 4.41. The van der Waals surface area contributed by atoms with E-state index in [-0.39, 0.29) is 6.61 Å². The lowest BCUT2D eigenvalue weighted by Crippen LogP contribution is -2.09. The van der Waals surface area contributed by atoms with Gasteiger partial charge in [-0.1, -0.05) is 72.8 Å². The second-order valence-corrected chi connectivity index (χ2v) is 4.74. The minimum atomic E-state index is -0.474. The number of aliphatic imine (C=N–C) groups is 1. The topological polar surface area (TPSA) is 56.4 Å². The average molecular weight is 290 g/mol. The lowest BCUT2D eigenvalue weighted by Gasteiger charge is -2.09. The smallest absolute Gasteiger partial charge is 0.140 e. The second-order valence-electron chi connectivity index (χ2n) is 4.74. The van der Waals surface area contributed by atoms with Crippen molar-refractivity contribution in [1.29, 1.82) is 5.26 Å². The van der Waals surface area contributed by atoms with Gasteiger partial charge in [0.15, 0.2) is 0 Å². The molecule has 1 atom stereocenters. The Morgan fingerprint density at radius 3 is 2.00 bits per heavy atom. The first kappa shape index (κ1) is 15.7. The molecule has 0 saturated heterocycles. The van der Waals surface area contributed by atoms with E-state index in [1.54, 1.807) is 12.2 Å². The molecule has 0 saturated carbocycles. The predicted molar refractivity (Wildman–Crippen MR) is 88.8 cm³/mol. The first-order chi connectivity index (χ1) is 10.8. The molecule has 0 heterocycles. The summed E-state index contributed by atoms with van der Waals surface area (Å²) in [7, 11) is 0. The Bertz CT molecular complexity index is 628. The van der Waals surface area contributed by atoms with Crippen molar-refractivity contribution in [2.45, 2.75) is 12.5 Å². The quantitative estimate of drug-likeness (QED) is 0.655. The lowest BCUT2D eigenvalue weighted by molar-refractivity contribution is 0.342. The van der Waals surface area contributed by atoms with Crippen LogP contribution in [0.5, 0.6) is 0 Å². The molecule has 0 aromatic heterocycles. The van der Waals surface area contributed by atoms with Crippen LogP contribution in [-0.2, 0) is 0 Å². The normalized spacial score (nSPS) is 11.8. The molecule has 2 aromatic carbocycles. The van der Waals surface area contributed by atoms with Crippen molar-refractivity contribution in [2.24, 2.45) is 4.99 Å². The number of hydrogen-bond acceptors (Lipinski definition) is 3. The maximum absolute atomic E-state index is 9.31. The van der Waals surface area contributed by atoms with Gasteiger partial charge in [0.2, 0.25) is 0 Å². The van der Waals surface area contributed by atoms with Gasteiger partial charge < -0.3 is 5.11 Å². The number of benzene rings is 2. The molecule has 0 aliphatic heterocycles. The van der Waals surface area contributed by atoms with Gasteiger partial charge in [0.25, 0.3) is 0 Å². The Balaban J connectivity index is 2.38. The van der Waals surface area contributed by atoms with E-state index in [0.717, 1.165) is 16.8 Å². The summed E-state index contributed by atoms with van der Waals surface area (Å²) in [5, 5.41) is 18.1. The zero-order valence-electron chi connectivity index (χ0n) is 12.3. The fourth-order valence-corrected chi connectivity index (χ4v) is 2.10. The summed E-state index contributed by atoms with van der Waals surface area (Å²) in [5.41, 5.74) is 2.78. The highest BCUT2D eigenvalue weighted by atomic mass is 16.2. The molecule has 0 spiro atoms. The minimum absolute atomic E-state index is 0.0217. The first-order valence-corrected chi connectivity index (χ1v) is 7.19. The molecule has 110 valence electrons. The van der Waals surface area contributed by atoms with Crippen LogP contribution in [0.1, 0.15) is 17.5 Å². The van der Waals surface area contributed by atoms with Crippen LogP contribution in [0.3, 0.4) is 0 Å². The van der Waals surface area contributed by atoms with E-state index in [4.69, 9.17) is 5.11 Å². The molecule has 1 N–H and O–H groups in total. The lowest BCUT2D eigenvalue weighted by atomic mass is 10.0. The van der Waals surface area contributed by atoms with Crippen LogP contribution in [0, 0.1) is 11.3 Å². The Labute approximate surface area is 130 Å². The molecule has 0 aliphatic rings. The van der Waals surface area contributed by atoms with E-state index < -0.39 is 6.04 Å². The van der Waals surface area contributed by atoms with Gasteiger partial charge in [-0.25, -0.2) is 0 Å². The maximum atomic E-state index is 9.31. The van der Waals surface area contributed by atoms with Crippen molar-refractivity contribution in [2.75, 3.05) is 6.61 Å². The molecule has 0 bridgehead atoms. The highest BCUT2D eigenvalue weighted by molar-refractivity contribution is 6.13. The number of hydrogen-bond donors (Lipinski definition) is 1. The molecule has 3 nitrogen and oxygen atoms in total. The van der Waals surface area contributed by atoms with E-state index in [0.29, 0.717) is 6.42 Å². The standard InChI is InChI=1S/C19H18N2O/c20-15-18(13-7-8-14-22)21-19(16-9-3-1-4-10-16)17-11-5-2-6-12-17/h1-12,18,22H,13-14H2. The zero-order valence-corrected chi connectivity index (χ0v) is 12.3. The number of aliphatic hydroxyl groups is 1. The van der Waals surface area contributed by atoms with Crippen LogP contribution in [0.2, 0.25) is 0 Å². The molecule has 2 rings (SSSR count). The van der Waals surface area contributed by atoms with Gasteiger partial charge in [0.1, 0.15) is 6.04 Å². The SMILES string of the molecule is N#CC(CC=CCO)N=C(c1ccccc1)c1ccccc1.